The van der Waals surface area contributed by atoms with Crippen LogP contribution in [0.3, 0.4) is 0 Å². The monoisotopic (exact) mass is 786 g/mol. The number of hydrogen-bond donors (Lipinski definition) is 0. The van der Waals surface area contributed by atoms with Gasteiger partial charge in [-0.2, -0.15) is 0 Å². The predicted molar refractivity (Wildman–Crippen MR) is 218 cm³/mol. The third-order valence-electron chi connectivity index (χ3n) is 10.8. The molecule has 57 heavy (non-hydrogen) atoms. The van der Waals surface area contributed by atoms with Gasteiger partial charge in [-0.3, -0.25) is 24.2 Å². The summed E-state index contributed by atoms with van der Waals surface area (Å²) in [5.74, 6) is -1.06. The maximum absolute atomic E-state index is 13.6. The summed E-state index contributed by atoms with van der Waals surface area (Å²) in [7, 11) is 0. The smallest absolute Gasteiger partial charge is 0.314 e. The average molecular weight is 787 g/mol. The molecule has 11 heteroatoms. The van der Waals surface area contributed by atoms with E-state index in [1.54, 1.807) is 53.8 Å². The maximum Gasteiger partial charge on any atom is 0.314 e. The Labute approximate surface area is 336 Å². The van der Waals surface area contributed by atoms with E-state index in [4.69, 9.17) is 28.9 Å². The molecule has 0 aliphatic heterocycles. The topological polar surface area (TPSA) is 130 Å². The molecule has 0 saturated heterocycles. The number of carbonyl (C=O) groups excluding carboxylic acids is 4. The van der Waals surface area contributed by atoms with Gasteiger partial charge in [0.2, 0.25) is 0 Å². The molecule has 0 radical (unpaired) electrons. The number of fused-ring (bicyclic) bond motifs is 1. The summed E-state index contributed by atoms with van der Waals surface area (Å²) in [5, 5.41) is 0.845. The standard InChI is InChI=1S/C46H46N2O8S/c1-28-13-23-36(24-14-28)54-44(50)32-15-17-33(18-16-32)45(51)55-37-25-26-40(38(27-37)29(2)47-30(3)42-48-39-11-7-8-12-41(39)57-42)56-46(52)34-21-19-31(20-22-34)43(49)53-35-9-5-4-6-10-35/h4-14,23-27,30-34H,15-22H2,1-3H3/b47-29+. The molecule has 4 aromatic carbocycles. The molecule has 2 aliphatic rings. The van der Waals surface area contributed by atoms with Crippen molar-refractivity contribution in [1.29, 1.82) is 0 Å². The number of hydrogen-bond acceptors (Lipinski definition) is 11. The number of rotatable bonds is 11. The third-order valence-corrected chi connectivity index (χ3v) is 12.0. The molecule has 1 unspecified atom stereocenters. The molecule has 5 aromatic rings. The van der Waals surface area contributed by atoms with E-state index in [9.17, 15) is 19.2 Å². The second kappa shape index (κ2) is 18.1. The van der Waals surface area contributed by atoms with Gasteiger partial charge in [0.1, 0.15) is 28.0 Å². The van der Waals surface area contributed by atoms with Crippen LogP contribution in [-0.2, 0) is 19.2 Å². The third kappa shape index (κ3) is 10.0. The molecular weight excluding hydrogens is 741 g/mol. The summed E-state index contributed by atoms with van der Waals surface area (Å²) in [6.07, 6.45) is 4.07. The number of aryl methyl sites for hydroxylation is 1. The van der Waals surface area contributed by atoms with Gasteiger partial charge in [0, 0.05) is 11.3 Å². The number of esters is 4. The fourth-order valence-electron chi connectivity index (χ4n) is 7.44. The Morgan fingerprint density at radius 1 is 0.614 bits per heavy atom. The van der Waals surface area contributed by atoms with E-state index in [0.29, 0.717) is 85.6 Å². The van der Waals surface area contributed by atoms with Crippen molar-refractivity contribution in [2.24, 2.45) is 28.7 Å². The van der Waals surface area contributed by atoms with Crippen LogP contribution in [0.2, 0.25) is 0 Å². The van der Waals surface area contributed by atoms with Crippen molar-refractivity contribution in [3.8, 4) is 23.0 Å². The van der Waals surface area contributed by atoms with Crippen molar-refractivity contribution in [1.82, 2.24) is 4.98 Å². The van der Waals surface area contributed by atoms with Crippen LogP contribution in [0.25, 0.3) is 10.2 Å². The van der Waals surface area contributed by atoms with Crippen molar-refractivity contribution in [3.05, 3.63) is 113 Å². The average Bonchev–Trinajstić information content (AvgIpc) is 3.67. The van der Waals surface area contributed by atoms with Crippen LogP contribution in [0.1, 0.15) is 87.4 Å². The summed E-state index contributed by atoms with van der Waals surface area (Å²) >= 11 is 1.57. The number of para-hydroxylation sites is 2. The molecule has 7 rings (SSSR count). The van der Waals surface area contributed by atoms with Crippen LogP contribution < -0.4 is 18.9 Å². The Hall–Kier alpha value is -5.68. The van der Waals surface area contributed by atoms with Gasteiger partial charge in [0.25, 0.3) is 0 Å². The quantitative estimate of drug-likeness (QED) is 0.0730. The fraction of sp³-hybridized carbons (Fsp3) is 0.348. The molecule has 2 saturated carbocycles. The van der Waals surface area contributed by atoms with Gasteiger partial charge in [-0.1, -0.05) is 48.0 Å². The first-order chi connectivity index (χ1) is 27.6. The Morgan fingerprint density at radius 2 is 1.09 bits per heavy atom. The Balaban J connectivity index is 1.02. The number of ether oxygens (including phenoxy) is 4. The minimum Gasteiger partial charge on any atom is -0.426 e. The normalized spacial score (nSPS) is 20.3. The van der Waals surface area contributed by atoms with E-state index in [1.807, 2.05) is 75.4 Å². The molecule has 10 nitrogen and oxygen atoms in total. The van der Waals surface area contributed by atoms with E-state index < -0.39 is 0 Å². The number of aliphatic imine (C=N–C) groups is 1. The Kier molecular flexibility index (Phi) is 12.5. The van der Waals surface area contributed by atoms with Gasteiger partial charge in [-0.05, 0) is 127 Å². The highest BCUT2D eigenvalue weighted by Gasteiger charge is 2.34. The molecule has 0 amide bonds. The lowest BCUT2D eigenvalue weighted by molar-refractivity contribution is -0.145. The summed E-state index contributed by atoms with van der Waals surface area (Å²) in [6.45, 7) is 5.77. The Morgan fingerprint density at radius 3 is 1.65 bits per heavy atom. The summed E-state index contributed by atoms with van der Waals surface area (Å²) in [4.78, 5) is 62.4. The number of thiazole rings is 1. The summed E-state index contributed by atoms with van der Waals surface area (Å²) in [6, 6.07) is 28.9. The van der Waals surface area contributed by atoms with Crippen LogP contribution >= 0.6 is 11.3 Å². The van der Waals surface area contributed by atoms with Crippen LogP contribution in [0.15, 0.2) is 102 Å². The van der Waals surface area contributed by atoms with E-state index in [1.165, 1.54) is 0 Å². The van der Waals surface area contributed by atoms with Crippen LogP contribution in [0.5, 0.6) is 23.0 Å². The molecule has 0 bridgehead atoms. The summed E-state index contributed by atoms with van der Waals surface area (Å²) < 4.78 is 24.2. The number of carbonyl (C=O) groups is 4. The molecule has 1 atom stereocenters. The first-order valence-electron chi connectivity index (χ1n) is 19.6. The van der Waals surface area contributed by atoms with E-state index in [0.717, 1.165) is 20.8 Å². The molecule has 1 heterocycles. The Bertz CT molecular complexity index is 2220. The highest BCUT2D eigenvalue weighted by molar-refractivity contribution is 7.18. The second-order valence-corrected chi connectivity index (χ2v) is 16.0. The first kappa shape index (κ1) is 39.6. The van der Waals surface area contributed by atoms with Crippen molar-refractivity contribution >= 4 is 51.1 Å². The zero-order chi connectivity index (χ0) is 39.9. The molecule has 294 valence electrons. The molecule has 2 fully saturated rings. The minimum absolute atomic E-state index is 0.283. The summed E-state index contributed by atoms with van der Waals surface area (Å²) in [5.41, 5.74) is 3.09. The zero-order valence-electron chi connectivity index (χ0n) is 32.3. The SMILES string of the molecule is C/C(=N\C(C)c1nc2ccccc2s1)c1cc(OC(=O)C2CCC(C(=O)Oc3ccc(C)cc3)CC2)ccc1OC(=O)C1CCC(C(=O)Oc2ccccc2)CC1. The van der Waals surface area contributed by atoms with Crippen molar-refractivity contribution in [2.75, 3.05) is 0 Å². The van der Waals surface area contributed by atoms with Gasteiger partial charge in [0.05, 0.1) is 39.9 Å². The van der Waals surface area contributed by atoms with E-state index in [-0.39, 0.29) is 53.6 Å². The van der Waals surface area contributed by atoms with Crippen LogP contribution in [-0.4, -0.2) is 34.6 Å². The molecule has 1 aromatic heterocycles. The highest BCUT2D eigenvalue weighted by Crippen LogP contribution is 2.36. The van der Waals surface area contributed by atoms with Gasteiger partial charge in [-0.15, -0.1) is 11.3 Å². The number of nitrogens with zero attached hydrogens (tertiary/aromatic N) is 2. The number of benzene rings is 4. The second-order valence-electron chi connectivity index (χ2n) is 15.0. The molecule has 0 N–H and O–H groups in total. The zero-order valence-corrected chi connectivity index (χ0v) is 33.2. The van der Waals surface area contributed by atoms with Crippen molar-refractivity contribution in [2.45, 2.75) is 78.2 Å². The lowest BCUT2D eigenvalue weighted by Gasteiger charge is -2.26. The molecule has 0 spiro atoms. The van der Waals surface area contributed by atoms with E-state index >= 15 is 0 Å². The molecular formula is C46H46N2O8S. The van der Waals surface area contributed by atoms with Gasteiger partial charge < -0.3 is 18.9 Å². The first-order valence-corrected chi connectivity index (χ1v) is 20.4. The highest BCUT2D eigenvalue weighted by atomic mass is 32.1. The number of aromatic nitrogens is 1. The van der Waals surface area contributed by atoms with Crippen molar-refractivity contribution in [3.63, 3.8) is 0 Å². The minimum atomic E-state index is -0.389. The van der Waals surface area contributed by atoms with Gasteiger partial charge in [0.15, 0.2) is 0 Å². The van der Waals surface area contributed by atoms with Gasteiger partial charge in [-0.25, -0.2) is 4.98 Å². The predicted octanol–water partition coefficient (Wildman–Crippen LogP) is 9.81. The largest absolute Gasteiger partial charge is 0.426 e. The van der Waals surface area contributed by atoms with Crippen molar-refractivity contribution < 1.29 is 38.1 Å². The lowest BCUT2D eigenvalue weighted by atomic mass is 9.82. The maximum atomic E-state index is 13.6. The van der Waals surface area contributed by atoms with E-state index in [2.05, 4.69) is 0 Å². The fourth-order valence-corrected chi connectivity index (χ4v) is 8.40. The van der Waals surface area contributed by atoms with Crippen LogP contribution in [0.4, 0.5) is 0 Å². The molecule has 2 aliphatic carbocycles. The lowest BCUT2D eigenvalue weighted by Crippen LogP contribution is -2.31. The van der Waals surface area contributed by atoms with Gasteiger partial charge >= 0.3 is 23.9 Å². The van der Waals surface area contributed by atoms with Crippen LogP contribution in [0, 0.1) is 30.6 Å².